The minimum atomic E-state index is -0.348. The predicted molar refractivity (Wildman–Crippen MR) is 90.5 cm³/mol. The largest absolute Gasteiger partial charge is 0.483 e. The Morgan fingerprint density at radius 2 is 2.09 bits per heavy atom. The van der Waals surface area contributed by atoms with E-state index in [1.165, 1.54) is 38.9 Å². The van der Waals surface area contributed by atoms with Crippen LogP contribution in [0, 0.1) is 5.92 Å². The lowest BCUT2D eigenvalue weighted by atomic mass is 9.84. The van der Waals surface area contributed by atoms with Crippen molar-refractivity contribution in [1.29, 1.82) is 0 Å². The molecule has 1 aliphatic heterocycles. The first kappa shape index (κ1) is 18.8. The maximum absolute atomic E-state index is 11.5. The van der Waals surface area contributed by atoms with Crippen LogP contribution in [0.1, 0.15) is 72.6 Å². The summed E-state index contributed by atoms with van der Waals surface area (Å²) in [5, 5.41) is 0. The van der Waals surface area contributed by atoms with Gasteiger partial charge in [0, 0.05) is 0 Å². The lowest BCUT2D eigenvalue weighted by Crippen LogP contribution is -2.29. The Labute approximate surface area is 135 Å². The molecule has 2 atom stereocenters. The van der Waals surface area contributed by atoms with E-state index in [1.54, 1.807) is 0 Å². The van der Waals surface area contributed by atoms with Crippen LogP contribution in [0.4, 0.5) is 0 Å². The van der Waals surface area contributed by atoms with Gasteiger partial charge in [0.15, 0.2) is 0 Å². The number of carbonyl (C=O) groups excluding carboxylic acids is 1. The molecule has 0 bridgehead atoms. The quantitative estimate of drug-likeness (QED) is 0.435. The molecule has 0 aromatic carbocycles. The van der Waals surface area contributed by atoms with Crippen LogP contribution in [0.3, 0.4) is 0 Å². The normalized spacial score (nSPS) is 24.0. The van der Waals surface area contributed by atoms with E-state index < -0.39 is 0 Å². The molecule has 22 heavy (non-hydrogen) atoms. The van der Waals surface area contributed by atoms with Gasteiger partial charge in [0.05, 0.1) is 13.2 Å². The van der Waals surface area contributed by atoms with Crippen LogP contribution in [0.25, 0.3) is 0 Å². The van der Waals surface area contributed by atoms with E-state index >= 15 is 0 Å². The average Bonchev–Trinajstić information content (AvgIpc) is 2.89. The first-order valence-electron chi connectivity index (χ1n) is 8.74. The molecule has 3 heteroatoms. The van der Waals surface area contributed by atoms with E-state index in [9.17, 15) is 4.79 Å². The van der Waals surface area contributed by atoms with Crippen molar-refractivity contribution >= 4 is 5.97 Å². The SMILES string of the molecule is CCCCC(CC)CC1(CC)C=C(CC)/C(=C/C(=O)OC)O1. The van der Waals surface area contributed by atoms with Gasteiger partial charge in [-0.2, -0.15) is 0 Å². The van der Waals surface area contributed by atoms with Gasteiger partial charge in [0.25, 0.3) is 0 Å². The first-order chi connectivity index (χ1) is 10.5. The number of unbranched alkanes of at least 4 members (excludes halogenated alkanes) is 1. The van der Waals surface area contributed by atoms with Crippen LogP contribution in [0.5, 0.6) is 0 Å². The Morgan fingerprint density at radius 3 is 2.59 bits per heavy atom. The Morgan fingerprint density at radius 1 is 1.36 bits per heavy atom. The number of ether oxygens (including phenoxy) is 2. The lowest BCUT2D eigenvalue weighted by Gasteiger charge is -2.30. The zero-order chi connectivity index (χ0) is 16.6. The summed E-state index contributed by atoms with van der Waals surface area (Å²) in [5.41, 5.74) is 0.872. The van der Waals surface area contributed by atoms with Crippen molar-refractivity contribution in [2.24, 2.45) is 5.92 Å². The van der Waals surface area contributed by atoms with Gasteiger partial charge in [0.1, 0.15) is 11.4 Å². The van der Waals surface area contributed by atoms with Crippen molar-refractivity contribution in [1.82, 2.24) is 0 Å². The van der Waals surface area contributed by atoms with Crippen LogP contribution < -0.4 is 0 Å². The van der Waals surface area contributed by atoms with Crippen molar-refractivity contribution < 1.29 is 14.3 Å². The van der Waals surface area contributed by atoms with Crippen LogP contribution >= 0.6 is 0 Å². The number of carbonyl (C=O) groups is 1. The predicted octanol–water partition coefficient (Wildman–Crippen LogP) is 5.17. The van der Waals surface area contributed by atoms with Crippen molar-refractivity contribution in [2.75, 3.05) is 7.11 Å². The summed E-state index contributed by atoms with van der Waals surface area (Å²) in [7, 11) is 1.40. The van der Waals surface area contributed by atoms with Crippen LogP contribution in [0.2, 0.25) is 0 Å². The maximum atomic E-state index is 11.5. The van der Waals surface area contributed by atoms with Gasteiger partial charge in [0.2, 0.25) is 0 Å². The van der Waals surface area contributed by atoms with Crippen LogP contribution in [0.15, 0.2) is 23.5 Å². The monoisotopic (exact) mass is 308 g/mol. The van der Waals surface area contributed by atoms with E-state index in [0.29, 0.717) is 11.7 Å². The molecule has 0 N–H and O–H groups in total. The van der Waals surface area contributed by atoms with Gasteiger partial charge in [-0.25, -0.2) is 4.79 Å². The van der Waals surface area contributed by atoms with E-state index in [0.717, 1.165) is 24.8 Å². The molecule has 1 heterocycles. The van der Waals surface area contributed by atoms with E-state index in [4.69, 9.17) is 9.47 Å². The number of hydrogen-bond donors (Lipinski definition) is 0. The van der Waals surface area contributed by atoms with E-state index in [-0.39, 0.29) is 11.6 Å². The molecule has 126 valence electrons. The summed E-state index contributed by atoms with van der Waals surface area (Å²) in [6, 6.07) is 0. The standard InChI is InChI=1S/C19H32O3/c1-6-10-11-15(7-2)13-19(9-4)14-16(8-3)17(22-19)12-18(20)21-5/h12,14-15H,6-11,13H2,1-5H3/b17-12-. The molecule has 0 saturated carbocycles. The van der Waals surface area contributed by atoms with E-state index in [2.05, 4.69) is 33.8 Å². The number of hydrogen-bond acceptors (Lipinski definition) is 3. The summed E-state index contributed by atoms with van der Waals surface area (Å²) in [6.07, 6.45) is 11.5. The molecule has 0 aromatic heterocycles. The van der Waals surface area contributed by atoms with Crippen molar-refractivity contribution in [3.63, 3.8) is 0 Å². The highest BCUT2D eigenvalue weighted by Gasteiger charge is 2.37. The average molecular weight is 308 g/mol. The zero-order valence-electron chi connectivity index (χ0n) is 14.9. The lowest BCUT2D eigenvalue weighted by molar-refractivity contribution is -0.135. The Balaban J connectivity index is 2.92. The summed E-state index contributed by atoms with van der Waals surface area (Å²) in [4.78, 5) is 11.5. The summed E-state index contributed by atoms with van der Waals surface area (Å²) in [6.45, 7) is 8.76. The van der Waals surface area contributed by atoms with Crippen LogP contribution in [-0.2, 0) is 14.3 Å². The van der Waals surface area contributed by atoms with Gasteiger partial charge < -0.3 is 9.47 Å². The highest BCUT2D eigenvalue weighted by atomic mass is 16.5. The zero-order valence-corrected chi connectivity index (χ0v) is 14.9. The van der Waals surface area contributed by atoms with Gasteiger partial charge >= 0.3 is 5.97 Å². The molecule has 1 aliphatic rings. The topological polar surface area (TPSA) is 35.5 Å². The Bertz CT molecular complexity index is 422. The molecule has 0 radical (unpaired) electrons. The third-order valence-electron chi connectivity index (χ3n) is 4.67. The second-order valence-electron chi connectivity index (χ2n) is 6.20. The number of rotatable bonds is 9. The highest BCUT2D eigenvalue weighted by Crippen LogP contribution is 2.41. The molecule has 0 aliphatic carbocycles. The number of methoxy groups -OCH3 is 1. The Kier molecular flexibility index (Phi) is 7.70. The molecule has 2 unspecified atom stereocenters. The third-order valence-corrected chi connectivity index (χ3v) is 4.67. The van der Waals surface area contributed by atoms with Gasteiger partial charge in [-0.1, -0.05) is 53.4 Å². The molecule has 0 aromatic rings. The van der Waals surface area contributed by atoms with Gasteiger partial charge in [-0.05, 0) is 36.8 Å². The third kappa shape index (κ3) is 4.89. The smallest absolute Gasteiger partial charge is 0.334 e. The maximum Gasteiger partial charge on any atom is 0.334 e. The molecule has 0 saturated heterocycles. The molecule has 1 rings (SSSR count). The molecule has 0 fully saturated rings. The molecular formula is C19H32O3. The molecule has 3 nitrogen and oxygen atoms in total. The van der Waals surface area contributed by atoms with Crippen molar-refractivity contribution in [2.45, 2.75) is 78.2 Å². The molecule has 0 spiro atoms. The molecular weight excluding hydrogens is 276 g/mol. The summed E-state index contributed by atoms with van der Waals surface area (Å²) in [5.74, 6) is 1.02. The summed E-state index contributed by atoms with van der Waals surface area (Å²) >= 11 is 0. The second-order valence-corrected chi connectivity index (χ2v) is 6.20. The minimum absolute atomic E-state index is 0.250. The van der Waals surface area contributed by atoms with Crippen LogP contribution in [-0.4, -0.2) is 18.7 Å². The van der Waals surface area contributed by atoms with Gasteiger partial charge in [-0.15, -0.1) is 0 Å². The number of allylic oxidation sites excluding steroid dienone is 1. The fraction of sp³-hybridized carbons (Fsp3) is 0.737. The minimum Gasteiger partial charge on any atom is -0.483 e. The first-order valence-corrected chi connectivity index (χ1v) is 8.74. The fourth-order valence-electron chi connectivity index (χ4n) is 3.12. The second kappa shape index (κ2) is 9.02. The van der Waals surface area contributed by atoms with Crippen molar-refractivity contribution in [3.05, 3.63) is 23.5 Å². The highest BCUT2D eigenvalue weighted by molar-refractivity contribution is 5.83. The van der Waals surface area contributed by atoms with Crippen molar-refractivity contribution in [3.8, 4) is 0 Å². The fourth-order valence-corrected chi connectivity index (χ4v) is 3.12. The van der Waals surface area contributed by atoms with Gasteiger partial charge in [-0.3, -0.25) is 0 Å². The molecule has 0 amide bonds. The van der Waals surface area contributed by atoms with E-state index in [1.807, 2.05) is 0 Å². The summed E-state index contributed by atoms with van der Waals surface area (Å²) < 4.78 is 11.0. The Hall–Kier alpha value is -1.25. The number of esters is 1.